The fourth-order valence-electron chi connectivity index (χ4n) is 2.59. The number of rotatable bonds is 4. The van der Waals surface area contributed by atoms with Gasteiger partial charge in [-0.3, -0.25) is 4.79 Å². The summed E-state index contributed by atoms with van der Waals surface area (Å²) in [6.45, 7) is 11.9. The van der Waals surface area contributed by atoms with Crippen LogP contribution in [0.2, 0.25) is 0 Å². The molecule has 1 unspecified atom stereocenters. The first kappa shape index (κ1) is 12.7. The molecule has 0 spiro atoms. The second-order valence-electron chi connectivity index (χ2n) is 5.35. The predicted molar refractivity (Wildman–Crippen MR) is 63.9 cm³/mol. The topological polar surface area (TPSA) is 20.3 Å². The van der Waals surface area contributed by atoms with Gasteiger partial charge in [-0.2, -0.15) is 0 Å². The van der Waals surface area contributed by atoms with E-state index in [1.807, 2.05) is 0 Å². The van der Waals surface area contributed by atoms with Crippen LogP contribution in [-0.4, -0.2) is 30.3 Å². The van der Waals surface area contributed by atoms with E-state index in [9.17, 15) is 4.79 Å². The van der Waals surface area contributed by atoms with Crippen LogP contribution in [0.4, 0.5) is 0 Å². The molecule has 0 aromatic carbocycles. The van der Waals surface area contributed by atoms with E-state index in [-0.39, 0.29) is 11.3 Å². The number of ketones is 1. The molecule has 2 heteroatoms. The Morgan fingerprint density at radius 3 is 2.40 bits per heavy atom. The molecule has 1 aliphatic rings. The van der Waals surface area contributed by atoms with Crippen molar-refractivity contribution >= 4 is 5.78 Å². The molecular weight excluding hydrogens is 186 g/mol. The minimum Gasteiger partial charge on any atom is -0.303 e. The van der Waals surface area contributed by atoms with Crippen LogP contribution in [0, 0.1) is 11.3 Å². The number of hydrogen-bond acceptors (Lipinski definition) is 2. The van der Waals surface area contributed by atoms with E-state index in [1.54, 1.807) is 0 Å². The zero-order valence-electron chi connectivity index (χ0n) is 10.7. The van der Waals surface area contributed by atoms with Crippen molar-refractivity contribution in [2.45, 2.75) is 47.0 Å². The van der Waals surface area contributed by atoms with Gasteiger partial charge in [0.15, 0.2) is 0 Å². The molecule has 2 nitrogen and oxygen atoms in total. The maximum Gasteiger partial charge on any atom is 0.137 e. The van der Waals surface area contributed by atoms with Gasteiger partial charge in [0, 0.05) is 18.9 Å². The lowest BCUT2D eigenvalue weighted by Gasteiger charge is -2.39. The Balaban J connectivity index is 2.66. The van der Waals surface area contributed by atoms with Crippen molar-refractivity contribution in [1.82, 2.24) is 4.90 Å². The van der Waals surface area contributed by atoms with E-state index in [0.717, 1.165) is 32.5 Å². The molecule has 0 N–H and O–H groups in total. The molecule has 0 radical (unpaired) electrons. The van der Waals surface area contributed by atoms with Gasteiger partial charge in [0.2, 0.25) is 0 Å². The third kappa shape index (κ3) is 3.04. The summed E-state index contributed by atoms with van der Waals surface area (Å²) < 4.78 is 0. The first-order chi connectivity index (χ1) is 7.01. The van der Waals surface area contributed by atoms with Gasteiger partial charge in [-0.1, -0.05) is 27.7 Å². The summed E-state index contributed by atoms with van der Waals surface area (Å²) in [6.07, 6.45) is 3.08. The van der Waals surface area contributed by atoms with E-state index in [1.165, 1.54) is 6.42 Å². The van der Waals surface area contributed by atoms with E-state index in [4.69, 9.17) is 0 Å². The van der Waals surface area contributed by atoms with Gasteiger partial charge >= 0.3 is 0 Å². The minimum absolute atomic E-state index is 0.206. The molecular formula is C13H25NO. The molecule has 0 aromatic rings. The number of Topliss-reactive ketones (excluding diaryl/α,β-unsaturated/α-hetero) is 1. The van der Waals surface area contributed by atoms with Crippen LogP contribution in [0.25, 0.3) is 0 Å². The molecule has 0 heterocycles. The molecule has 88 valence electrons. The normalized spacial score (nSPS) is 25.9. The number of nitrogens with zero attached hydrogens (tertiary/aromatic N) is 1. The Labute approximate surface area is 94.0 Å². The lowest BCUT2D eigenvalue weighted by atomic mass is 9.68. The van der Waals surface area contributed by atoms with Crippen molar-refractivity contribution in [2.24, 2.45) is 11.3 Å². The third-order valence-electron chi connectivity index (χ3n) is 3.91. The average Bonchev–Trinajstić information content (AvgIpc) is 2.17. The summed E-state index contributed by atoms with van der Waals surface area (Å²) in [5.74, 6) is 0.740. The molecule has 0 bridgehead atoms. The second-order valence-corrected chi connectivity index (χ2v) is 5.35. The molecule has 1 atom stereocenters. The van der Waals surface area contributed by atoms with E-state index < -0.39 is 0 Å². The summed E-state index contributed by atoms with van der Waals surface area (Å²) in [4.78, 5) is 14.3. The third-order valence-corrected chi connectivity index (χ3v) is 3.91. The van der Waals surface area contributed by atoms with Crippen molar-refractivity contribution < 1.29 is 4.79 Å². The molecule has 15 heavy (non-hydrogen) atoms. The van der Waals surface area contributed by atoms with Crippen LogP contribution in [0.15, 0.2) is 0 Å². The summed E-state index contributed by atoms with van der Waals surface area (Å²) in [6, 6.07) is 0. The minimum atomic E-state index is 0.206. The summed E-state index contributed by atoms with van der Waals surface area (Å²) in [5.41, 5.74) is 0.206. The highest BCUT2D eigenvalue weighted by molar-refractivity contribution is 5.82. The Hall–Kier alpha value is -0.370. The predicted octanol–water partition coefficient (Wildman–Crippen LogP) is 2.72. The first-order valence-corrected chi connectivity index (χ1v) is 6.26. The Morgan fingerprint density at radius 2 is 1.93 bits per heavy atom. The van der Waals surface area contributed by atoms with Crippen LogP contribution in [0.5, 0.6) is 0 Å². The number of hydrogen-bond donors (Lipinski definition) is 0. The van der Waals surface area contributed by atoms with Crippen molar-refractivity contribution in [2.75, 3.05) is 19.6 Å². The molecule has 1 fully saturated rings. The van der Waals surface area contributed by atoms with Gasteiger partial charge in [-0.25, -0.2) is 0 Å². The van der Waals surface area contributed by atoms with Crippen molar-refractivity contribution in [1.29, 1.82) is 0 Å². The molecule has 0 aliphatic heterocycles. The molecule has 1 aliphatic carbocycles. The smallest absolute Gasteiger partial charge is 0.137 e. The van der Waals surface area contributed by atoms with Crippen molar-refractivity contribution in [3.8, 4) is 0 Å². The average molecular weight is 211 g/mol. The Morgan fingerprint density at radius 1 is 1.33 bits per heavy atom. The molecule has 0 saturated heterocycles. The Bertz CT molecular complexity index is 219. The van der Waals surface area contributed by atoms with Crippen LogP contribution >= 0.6 is 0 Å². The van der Waals surface area contributed by atoms with Gasteiger partial charge < -0.3 is 4.90 Å². The summed E-state index contributed by atoms with van der Waals surface area (Å²) in [5, 5.41) is 0. The standard InChI is InChI=1S/C13H25NO/c1-5-14(6-2)10-11-12(15)8-7-9-13(11,3)4/h11H,5-10H2,1-4H3. The quantitative estimate of drug-likeness (QED) is 0.712. The van der Waals surface area contributed by atoms with Gasteiger partial charge in [0.1, 0.15) is 5.78 Å². The second kappa shape index (κ2) is 5.11. The highest BCUT2D eigenvalue weighted by Crippen LogP contribution is 2.38. The van der Waals surface area contributed by atoms with Crippen LogP contribution in [0.1, 0.15) is 47.0 Å². The SMILES string of the molecule is CCN(CC)CC1C(=O)CCCC1(C)C. The Kier molecular flexibility index (Phi) is 4.32. The number of carbonyl (C=O) groups is 1. The van der Waals surface area contributed by atoms with Crippen LogP contribution in [-0.2, 0) is 4.79 Å². The van der Waals surface area contributed by atoms with Gasteiger partial charge in [0.05, 0.1) is 0 Å². The maximum absolute atomic E-state index is 12.0. The number of carbonyl (C=O) groups excluding carboxylic acids is 1. The van der Waals surface area contributed by atoms with Gasteiger partial charge in [-0.15, -0.1) is 0 Å². The van der Waals surface area contributed by atoms with Gasteiger partial charge in [-0.05, 0) is 31.3 Å². The van der Waals surface area contributed by atoms with Crippen LogP contribution < -0.4 is 0 Å². The maximum atomic E-state index is 12.0. The zero-order chi connectivity index (χ0) is 11.5. The summed E-state index contributed by atoms with van der Waals surface area (Å²) in [7, 11) is 0. The van der Waals surface area contributed by atoms with Crippen LogP contribution in [0.3, 0.4) is 0 Å². The monoisotopic (exact) mass is 211 g/mol. The van der Waals surface area contributed by atoms with E-state index >= 15 is 0 Å². The lowest BCUT2D eigenvalue weighted by molar-refractivity contribution is -0.130. The highest BCUT2D eigenvalue weighted by atomic mass is 16.1. The van der Waals surface area contributed by atoms with Gasteiger partial charge in [0.25, 0.3) is 0 Å². The molecule has 0 amide bonds. The first-order valence-electron chi connectivity index (χ1n) is 6.26. The summed E-state index contributed by atoms with van der Waals surface area (Å²) >= 11 is 0. The van der Waals surface area contributed by atoms with E-state index in [2.05, 4.69) is 32.6 Å². The molecule has 1 saturated carbocycles. The zero-order valence-corrected chi connectivity index (χ0v) is 10.7. The fraction of sp³-hybridized carbons (Fsp3) is 0.923. The largest absolute Gasteiger partial charge is 0.303 e. The molecule has 1 rings (SSSR count). The lowest BCUT2D eigenvalue weighted by Crippen LogP contribution is -2.43. The van der Waals surface area contributed by atoms with E-state index in [0.29, 0.717) is 5.78 Å². The highest BCUT2D eigenvalue weighted by Gasteiger charge is 2.38. The molecule has 0 aromatic heterocycles. The van der Waals surface area contributed by atoms with Crippen molar-refractivity contribution in [3.63, 3.8) is 0 Å². The van der Waals surface area contributed by atoms with Crippen molar-refractivity contribution in [3.05, 3.63) is 0 Å². The fourth-order valence-corrected chi connectivity index (χ4v) is 2.59.